The molecule has 0 radical (unpaired) electrons. The van der Waals surface area contributed by atoms with Crippen LogP contribution in [0, 0.1) is 5.92 Å². The van der Waals surface area contributed by atoms with Gasteiger partial charge in [-0.2, -0.15) is 0 Å². The zero-order valence-electron chi connectivity index (χ0n) is 8.60. The molecule has 0 bridgehead atoms. The molecule has 0 spiro atoms. The van der Waals surface area contributed by atoms with Crippen molar-refractivity contribution in [3.63, 3.8) is 0 Å². The lowest BCUT2D eigenvalue weighted by Crippen LogP contribution is -2.46. The van der Waals surface area contributed by atoms with Crippen molar-refractivity contribution in [1.29, 1.82) is 0 Å². The van der Waals surface area contributed by atoms with Crippen LogP contribution in [0.25, 0.3) is 0 Å². The molecule has 1 rings (SSSR count). The predicted molar refractivity (Wildman–Crippen MR) is 51.8 cm³/mol. The Kier molecular flexibility index (Phi) is 3.14. The van der Waals surface area contributed by atoms with Crippen LogP contribution in [0.5, 0.6) is 0 Å². The summed E-state index contributed by atoms with van der Waals surface area (Å²) in [6, 6.07) is 0.0830. The smallest absolute Gasteiger partial charge is 0.336 e. The second kappa shape index (κ2) is 3.84. The Balaban J connectivity index is 2.50. The molecule has 1 fully saturated rings. The molecule has 5 nitrogen and oxygen atoms in total. The van der Waals surface area contributed by atoms with Gasteiger partial charge in [-0.3, -0.25) is 4.90 Å². The van der Waals surface area contributed by atoms with Gasteiger partial charge < -0.3 is 15.9 Å². The van der Waals surface area contributed by atoms with Crippen LogP contribution in [0.2, 0.25) is 0 Å². The highest BCUT2D eigenvalue weighted by molar-refractivity contribution is 5.76. The summed E-state index contributed by atoms with van der Waals surface area (Å²) in [4.78, 5) is 12.6. The molecule has 3 unspecified atom stereocenters. The molecule has 0 aromatic rings. The minimum Gasteiger partial charge on any atom is -0.479 e. The molecular weight excluding hydrogens is 184 g/mol. The predicted octanol–water partition coefficient (Wildman–Crippen LogP) is -0.899. The average Bonchev–Trinajstić information content (AvgIpc) is 2.29. The summed E-state index contributed by atoms with van der Waals surface area (Å²) in [5.74, 6) is -0.829. The van der Waals surface area contributed by atoms with Crippen molar-refractivity contribution in [2.24, 2.45) is 11.7 Å². The van der Waals surface area contributed by atoms with Gasteiger partial charge in [0.05, 0.1) is 0 Å². The van der Waals surface area contributed by atoms with E-state index in [9.17, 15) is 9.90 Å². The van der Waals surface area contributed by atoms with Crippen LogP contribution in [0.15, 0.2) is 0 Å². The summed E-state index contributed by atoms with van der Waals surface area (Å²) in [5.41, 5.74) is 4.12. The van der Waals surface area contributed by atoms with E-state index in [1.54, 1.807) is 0 Å². The third kappa shape index (κ3) is 2.43. The van der Waals surface area contributed by atoms with Gasteiger partial charge in [-0.05, 0) is 12.8 Å². The first-order valence-corrected chi connectivity index (χ1v) is 4.76. The van der Waals surface area contributed by atoms with E-state index in [1.807, 2.05) is 11.8 Å². The van der Waals surface area contributed by atoms with Crippen LogP contribution in [-0.4, -0.2) is 52.4 Å². The summed E-state index contributed by atoms with van der Waals surface area (Å²) >= 11 is 0. The van der Waals surface area contributed by atoms with E-state index in [-0.39, 0.29) is 12.6 Å². The van der Waals surface area contributed by atoms with Gasteiger partial charge in [0, 0.05) is 25.7 Å². The van der Waals surface area contributed by atoms with E-state index in [2.05, 4.69) is 0 Å². The van der Waals surface area contributed by atoms with Crippen molar-refractivity contribution in [2.75, 3.05) is 19.6 Å². The fraction of sp³-hybridized carbons (Fsp3) is 0.889. The van der Waals surface area contributed by atoms with Gasteiger partial charge in [-0.15, -0.1) is 0 Å². The zero-order valence-corrected chi connectivity index (χ0v) is 8.60. The fourth-order valence-corrected chi connectivity index (χ4v) is 1.73. The number of hydrogen-bond donors (Lipinski definition) is 3. The Morgan fingerprint density at radius 3 is 2.57 bits per heavy atom. The summed E-state index contributed by atoms with van der Waals surface area (Å²) in [6.07, 6.45) is 0. The van der Waals surface area contributed by atoms with Crippen molar-refractivity contribution in [3.05, 3.63) is 0 Å². The molecule has 0 aromatic carbocycles. The highest BCUT2D eigenvalue weighted by atomic mass is 16.4. The number of β-amino-alcohol motifs (C(OH)–C–C–N with tert-alkyl or cyclic N) is 1. The average molecular weight is 202 g/mol. The molecule has 4 N–H and O–H groups in total. The van der Waals surface area contributed by atoms with E-state index in [0.29, 0.717) is 12.5 Å². The number of rotatable bonds is 3. The third-order valence-electron chi connectivity index (χ3n) is 2.74. The van der Waals surface area contributed by atoms with E-state index in [1.165, 1.54) is 6.92 Å². The quantitative estimate of drug-likeness (QED) is 0.552. The van der Waals surface area contributed by atoms with Crippen LogP contribution in [-0.2, 0) is 4.79 Å². The van der Waals surface area contributed by atoms with Crippen molar-refractivity contribution in [3.8, 4) is 0 Å². The van der Waals surface area contributed by atoms with Crippen molar-refractivity contribution in [2.45, 2.75) is 25.5 Å². The first-order valence-electron chi connectivity index (χ1n) is 4.76. The number of carboxylic acid groups (broad SMARTS) is 1. The molecule has 0 aliphatic carbocycles. The van der Waals surface area contributed by atoms with Gasteiger partial charge in [0.15, 0.2) is 5.60 Å². The molecular formula is C9H18N2O3. The van der Waals surface area contributed by atoms with E-state index in [4.69, 9.17) is 10.8 Å². The van der Waals surface area contributed by atoms with Crippen molar-refractivity contribution < 1.29 is 15.0 Å². The first kappa shape index (κ1) is 11.4. The number of nitrogens with two attached hydrogens (primary N) is 1. The van der Waals surface area contributed by atoms with E-state index in [0.717, 1.165) is 6.54 Å². The van der Waals surface area contributed by atoms with Gasteiger partial charge in [-0.25, -0.2) is 4.79 Å². The Morgan fingerprint density at radius 2 is 2.21 bits per heavy atom. The Hall–Kier alpha value is -0.650. The molecule has 1 saturated heterocycles. The number of carbonyl (C=O) groups is 1. The Morgan fingerprint density at radius 1 is 1.64 bits per heavy atom. The summed E-state index contributed by atoms with van der Waals surface area (Å²) in [7, 11) is 0. The second-order valence-corrected chi connectivity index (χ2v) is 4.41. The standard InChI is InChI=1S/C9H18N2O3/c1-6-3-11(4-7(6)10)5-9(2,14)8(12)13/h6-7,14H,3-5,10H2,1-2H3,(H,12,13). The molecule has 14 heavy (non-hydrogen) atoms. The number of likely N-dealkylation sites (tertiary alicyclic amines) is 1. The lowest BCUT2D eigenvalue weighted by Gasteiger charge is -2.24. The molecule has 1 heterocycles. The number of aliphatic hydroxyl groups is 1. The van der Waals surface area contributed by atoms with Gasteiger partial charge in [-0.1, -0.05) is 6.92 Å². The largest absolute Gasteiger partial charge is 0.479 e. The maximum Gasteiger partial charge on any atom is 0.336 e. The number of hydrogen-bond acceptors (Lipinski definition) is 4. The molecule has 5 heteroatoms. The van der Waals surface area contributed by atoms with Crippen LogP contribution in [0.4, 0.5) is 0 Å². The summed E-state index contributed by atoms with van der Waals surface area (Å²) in [5, 5.41) is 18.3. The summed E-state index contributed by atoms with van der Waals surface area (Å²) in [6.45, 7) is 4.89. The SMILES string of the molecule is CC1CN(CC(C)(O)C(=O)O)CC1N. The topological polar surface area (TPSA) is 86.8 Å². The van der Waals surface area contributed by atoms with Crippen LogP contribution >= 0.6 is 0 Å². The van der Waals surface area contributed by atoms with E-state index < -0.39 is 11.6 Å². The molecule has 1 aliphatic heterocycles. The molecule has 82 valence electrons. The monoisotopic (exact) mass is 202 g/mol. The lowest BCUT2D eigenvalue weighted by molar-refractivity contribution is -0.158. The zero-order chi connectivity index (χ0) is 10.9. The molecule has 0 amide bonds. The maximum absolute atomic E-state index is 10.7. The van der Waals surface area contributed by atoms with Gasteiger partial charge in [0.1, 0.15) is 0 Å². The maximum atomic E-state index is 10.7. The Bertz CT molecular complexity index is 220. The second-order valence-electron chi connectivity index (χ2n) is 4.41. The number of aliphatic carboxylic acids is 1. The minimum absolute atomic E-state index is 0.0830. The third-order valence-corrected chi connectivity index (χ3v) is 2.74. The molecule has 1 aliphatic rings. The van der Waals surface area contributed by atoms with Crippen molar-refractivity contribution in [1.82, 2.24) is 4.90 Å². The highest BCUT2D eigenvalue weighted by Crippen LogP contribution is 2.17. The van der Waals surface area contributed by atoms with E-state index >= 15 is 0 Å². The number of nitrogens with zero attached hydrogens (tertiary/aromatic N) is 1. The Labute approximate surface area is 83.5 Å². The molecule has 0 saturated carbocycles. The van der Waals surface area contributed by atoms with Gasteiger partial charge in [0.2, 0.25) is 0 Å². The van der Waals surface area contributed by atoms with Crippen LogP contribution in [0.3, 0.4) is 0 Å². The first-order chi connectivity index (χ1) is 6.33. The molecule has 3 atom stereocenters. The van der Waals surface area contributed by atoms with Crippen molar-refractivity contribution >= 4 is 5.97 Å². The lowest BCUT2D eigenvalue weighted by atomic mass is 10.1. The van der Waals surface area contributed by atoms with Gasteiger partial charge in [0.25, 0.3) is 0 Å². The van der Waals surface area contributed by atoms with Crippen LogP contribution in [0.1, 0.15) is 13.8 Å². The molecule has 0 aromatic heterocycles. The number of carboxylic acids is 1. The fourth-order valence-electron chi connectivity index (χ4n) is 1.73. The normalized spacial score (nSPS) is 32.9. The highest BCUT2D eigenvalue weighted by Gasteiger charge is 2.36. The van der Waals surface area contributed by atoms with Gasteiger partial charge >= 0.3 is 5.97 Å². The summed E-state index contributed by atoms with van der Waals surface area (Å²) < 4.78 is 0. The van der Waals surface area contributed by atoms with Crippen LogP contribution < -0.4 is 5.73 Å². The minimum atomic E-state index is -1.68.